The summed E-state index contributed by atoms with van der Waals surface area (Å²) in [4.78, 5) is 12.1. The van der Waals surface area contributed by atoms with E-state index in [1.54, 1.807) is 62.8 Å². The van der Waals surface area contributed by atoms with Crippen LogP contribution in [0.2, 0.25) is 0 Å². The Bertz CT molecular complexity index is 979. The van der Waals surface area contributed by atoms with Crippen LogP contribution in [0.5, 0.6) is 17.2 Å². The molecule has 32 heavy (non-hydrogen) atoms. The van der Waals surface area contributed by atoms with Gasteiger partial charge in [-0.2, -0.15) is 0 Å². The molecular weight excluding hydrogens is 430 g/mol. The van der Waals surface area contributed by atoms with Gasteiger partial charge in [-0.25, -0.2) is 4.79 Å². The highest BCUT2D eigenvalue weighted by molar-refractivity contribution is 5.90. The van der Waals surface area contributed by atoms with Gasteiger partial charge in [-0.15, -0.1) is 12.4 Å². The van der Waals surface area contributed by atoms with E-state index >= 15 is 0 Å². The van der Waals surface area contributed by atoms with Gasteiger partial charge < -0.3 is 24.6 Å². The van der Waals surface area contributed by atoms with Gasteiger partial charge in [0.05, 0.1) is 25.9 Å². The lowest BCUT2D eigenvalue weighted by molar-refractivity contribution is 0.0734. The largest absolute Gasteiger partial charge is 0.493 e. The summed E-state index contributed by atoms with van der Waals surface area (Å²) in [6.45, 7) is 1.12. The molecule has 0 radical (unpaired) electrons. The Kier molecular flexibility index (Phi) is 10.0. The number of benzene rings is 3. The predicted molar refractivity (Wildman–Crippen MR) is 126 cm³/mol. The molecule has 1 atom stereocenters. The molecule has 0 spiro atoms. The number of rotatable bonds is 10. The fourth-order valence-electron chi connectivity index (χ4n) is 3.12. The third kappa shape index (κ3) is 6.99. The molecule has 0 bridgehead atoms. The van der Waals surface area contributed by atoms with E-state index in [0.29, 0.717) is 35.9 Å². The van der Waals surface area contributed by atoms with E-state index in [0.717, 1.165) is 17.5 Å². The van der Waals surface area contributed by atoms with E-state index < -0.39 is 12.1 Å². The van der Waals surface area contributed by atoms with Gasteiger partial charge in [0.2, 0.25) is 0 Å². The van der Waals surface area contributed by atoms with Gasteiger partial charge in [0.25, 0.3) is 0 Å². The third-order valence-electron chi connectivity index (χ3n) is 4.86. The van der Waals surface area contributed by atoms with Crippen molar-refractivity contribution in [2.45, 2.75) is 12.5 Å². The summed E-state index contributed by atoms with van der Waals surface area (Å²) in [5.74, 6) is 1.43. The molecule has 0 fully saturated rings. The zero-order chi connectivity index (χ0) is 22.1. The Balaban J connectivity index is 0.00000363. The first-order valence-electron chi connectivity index (χ1n) is 10.1. The van der Waals surface area contributed by atoms with Gasteiger partial charge in [0.1, 0.15) is 5.75 Å². The number of esters is 1. The number of halogens is 1. The molecule has 0 aliphatic carbocycles. The fourth-order valence-corrected chi connectivity index (χ4v) is 3.12. The Hall–Kier alpha value is -3.06. The monoisotopic (exact) mass is 457 g/mol. The van der Waals surface area contributed by atoms with E-state index in [1.165, 1.54) is 0 Å². The number of hydrogen-bond acceptors (Lipinski definition) is 6. The minimum atomic E-state index is -0.663. The van der Waals surface area contributed by atoms with Gasteiger partial charge in [0, 0.05) is 6.54 Å². The summed E-state index contributed by atoms with van der Waals surface area (Å²) in [7, 11) is 3.23. The lowest BCUT2D eigenvalue weighted by Crippen LogP contribution is -2.23. The lowest BCUT2D eigenvalue weighted by atomic mass is 10.1. The summed E-state index contributed by atoms with van der Waals surface area (Å²) >= 11 is 0. The number of carbonyl (C=O) groups excluding carboxylic acids is 1. The fraction of sp³-hybridized carbons (Fsp3) is 0.240. The lowest BCUT2D eigenvalue weighted by Gasteiger charge is -2.14. The van der Waals surface area contributed by atoms with E-state index in [9.17, 15) is 9.90 Å². The van der Waals surface area contributed by atoms with E-state index in [2.05, 4.69) is 5.32 Å². The van der Waals surface area contributed by atoms with Crippen molar-refractivity contribution in [2.24, 2.45) is 0 Å². The first-order chi connectivity index (χ1) is 15.1. The van der Waals surface area contributed by atoms with Crippen LogP contribution in [0.25, 0.3) is 0 Å². The summed E-state index contributed by atoms with van der Waals surface area (Å²) in [5.41, 5.74) is 2.35. The third-order valence-corrected chi connectivity index (χ3v) is 4.86. The second kappa shape index (κ2) is 12.7. The second-order valence-electron chi connectivity index (χ2n) is 6.98. The number of aliphatic hydroxyl groups excluding tert-OH is 1. The van der Waals surface area contributed by atoms with Crippen molar-refractivity contribution in [1.82, 2.24) is 5.32 Å². The van der Waals surface area contributed by atoms with Crippen LogP contribution in [0, 0.1) is 0 Å². The number of nitrogens with one attached hydrogen (secondary N) is 1. The minimum Gasteiger partial charge on any atom is -0.493 e. The minimum absolute atomic E-state index is 0. The van der Waals surface area contributed by atoms with E-state index in [-0.39, 0.29) is 12.4 Å². The van der Waals surface area contributed by atoms with Crippen LogP contribution in [0.4, 0.5) is 0 Å². The van der Waals surface area contributed by atoms with Crippen molar-refractivity contribution in [2.75, 3.05) is 27.3 Å². The maximum atomic E-state index is 12.1. The SMILES string of the molecule is COc1ccc(CCNCC(O)c2ccc(OC(=O)c3ccccc3)cc2)cc1OC.Cl. The highest BCUT2D eigenvalue weighted by Crippen LogP contribution is 2.27. The molecule has 7 heteroatoms. The Morgan fingerprint density at radius 2 is 1.62 bits per heavy atom. The Morgan fingerprint density at radius 3 is 2.28 bits per heavy atom. The summed E-state index contributed by atoms with van der Waals surface area (Å²) in [6.07, 6.45) is 0.130. The van der Waals surface area contributed by atoms with Gasteiger partial charge in [-0.1, -0.05) is 36.4 Å². The van der Waals surface area contributed by atoms with Crippen molar-refractivity contribution in [1.29, 1.82) is 0 Å². The quantitative estimate of drug-likeness (QED) is 0.270. The Morgan fingerprint density at radius 1 is 0.938 bits per heavy atom. The average Bonchev–Trinajstić information content (AvgIpc) is 2.82. The zero-order valence-electron chi connectivity index (χ0n) is 18.1. The summed E-state index contributed by atoms with van der Waals surface area (Å²) in [6, 6.07) is 21.5. The molecule has 3 aromatic rings. The number of carbonyl (C=O) groups is 1. The molecule has 0 amide bonds. The van der Waals surface area contributed by atoms with Crippen molar-refractivity contribution in [3.8, 4) is 17.2 Å². The van der Waals surface area contributed by atoms with Crippen molar-refractivity contribution < 1.29 is 24.1 Å². The number of ether oxygens (including phenoxy) is 3. The average molecular weight is 458 g/mol. The van der Waals surface area contributed by atoms with Crippen LogP contribution in [0.1, 0.15) is 27.6 Å². The molecule has 3 aromatic carbocycles. The van der Waals surface area contributed by atoms with Crippen LogP contribution in [-0.4, -0.2) is 38.4 Å². The molecule has 6 nitrogen and oxygen atoms in total. The highest BCUT2D eigenvalue weighted by atomic mass is 35.5. The van der Waals surface area contributed by atoms with Gasteiger partial charge >= 0.3 is 5.97 Å². The van der Waals surface area contributed by atoms with Gasteiger partial charge in [0.15, 0.2) is 11.5 Å². The number of aliphatic hydroxyl groups is 1. The Labute approximate surface area is 194 Å². The molecule has 1 unspecified atom stereocenters. The van der Waals surface area contributed by atoms with Crippen molar-refractivity contribution in [3.63, 3.8) is 0 Å². The molecule has 0 heterocycles. The number of methoxy groups -OCH3 is 2. The van der Waals surface area contributed by atoms with Crippen LogP contribution >= 0.6 is 12.4 Å². The van der Waals surface area contributed by atoms with E-state index in [1.807, 2.05) is 24.3 Å². The summed E-state index contributed by atoms with van der Waals surface area (Å²) in [5, 5.41) is 13.7. The van der Waals surface area contributed by atoms with Gasteiger partial charge in [-0.3, -0.25) is 0 Å². The maximum absolute atomic E-state index is 12.1. The normalized spacial score (nSPS) is 11.2. The molecule has 3 rings (SSSR count). The van der Waals surface area contributed by atoms with Crippen LogP contribution < -0.4 is 19.5 Å². The zero-order valence-corrected chi connectivity index (χ0v) is 18.9. The molecule has 2 N–H and O–H groups in total. The van der Waals surface area contributed by atoms with Crippen LogP contribution in [0.15, 0.2) is 72.8 Å². The van der Waals surface area contributed by atoms with E-state index in [4.69, 9.17) is 14.2 Å². The van der Waals surface area contributed by atoms with Crippen molar-refractivity contribution >= 4 is 18.4 Å². The number of hydrogen-bond donors (Lipinski definition) is 2. The highest BCUT2D eigenvalue weighted by Gasteiger charge is 2.11. The molecule has 0 saturated heterocycles. The van der Waals surface area contributed by atoms with Gasteiger partial charge in [-0.05, 0) is 60.5 Å². The predicted octanol–water partition coefficient (Wildman–Crippen LogP) is 4.21. The molecular formula is C25H28ClNO5. The van der Waals surface area contributed by atoms with Crippen molar-refractivity contribution in [3.05, 3.63) is 89.5 Å². The molecule has 0 aliphatic rings. The molecule has 0 saturated carbocycles. The van der Waals surface area contributed by atoms with Crippen LogP contribution in [-0.2, 0) is 6.42 Å². The molecule has 170 valence electrons. The smallest absolute Gasteiger partial charge is 0.343 e. The molecule has 0 aromatic heterocycles. The second-order valence-corrected chi connectivity index (χ2v) is 6.98. The summed E-state index contributed by atoms with van der Waals surface area (Å²) < 4.78 is 15.9. The van der Waals surface area contributed by atoms with Crippen LogP contribution in [0.3, 0.4) is 0 Å². The standard InChI is InChI=1S/C25H27NO5.ClH/c1-29-23-13-8-18(16-24(23)30-2)14-15-26-17-22(27)19-9-11-21(12-10-19)31-25(28)20-6-4-3-5-7-20;/h3-13,16,22,26-27H,14-15,17H2,1-2H3;1H. The topological polar surface area (TPSA) is 77.0 Å². The molecule has 0 aliphatic heterocycles. The first kappa shape index (κ1) is 25.2. The first-order valence-corrected chi connectivity index (χ1v) is 10.1. The maximum Gasteiger partial charge on any atom is 0.343 e.